The molecular formula is C22H18N4OS. The summed E-state index contributed by atoms with van der Waals surface area (Å²) >= 11 is 1.57. The lowest BCUT2D eigenvalue weighted by molar-refractivity contribution is 0.0960. The number of pyridine rings is 1. The van der Waals surface area contributed by atoms with Gasteiger partial charge in [0.15, 0.2) is 0 Å². The van der Waals surface area contributed by atoms with Crippen LogP contribution in [0, 0.1) is 0 Å². The number of thioether (sulfide) groups is 1. The summed E-state index contributed by atoms with van der Waals surface area (Å²) < 4.78 is 0. The number of azo groups is 1. The van der Waals surface area contributed by atoms with Gasteiger partial charge in [-0.2, -0.15) is 10.2 Å². The largest absolute Gasteiger partial charge is 0.355 e. The summed E-state index contributed by atoms with van der Waals surface area (Å²) in [6.45, 7) is 0. The monoisotopic (exact) mass is 386 g/mol. The van der Waals surface area contributed by atoms with Crippen LogP contribution in [0.2, 0.25) is 0 Å². The number of hydrogen-bond donors (Lipinski definition) is 1. The van der Waals surface area contributed by atoms with E-state index in [4.69, 9.17) is 0 Å². The second-order valence-electron chi connectivity index (χ2n) is 6.17. The molecule has 138 valence electrons. The Morgan fingerprint density at radius 3 is 2.79 bits per heavy atom. The van der Waals surface area contributed by atoms with Crippen LogP contribution in [0.15, 0.2) is 104 Å². The molecule has 1 N–H and O–H groups in total. The van der Waals surface area contributed by atoms with Crippen molar-refractivity contribution >= 4 is 23.7 Å². The molecule has 0 fully saturated rings. The van der Waals surface area contributed by atoms with Crippen molar-refractivity contribution in [1.82, 2.24) is 10.3 Å². The Morgan fingerprint density at radius 2 is 1.96 bits per heavy atom. The number of benzene rings is 1. The van der Waals surface area contributed by atoms with Gasteiger partial charge >= 0.3 is 0 Å². The minimum Gasteiger partial charge on any atom is -0.355 e. The van der Waals surface area contributed by atoms with Crippen LogP contribution in [0.5, 0.6) is 0 Å². The summed E-state index contributed by atoms with van der Waals surface area (Å²) in [7, 11) is 1.64. The van der Waals surface area contributed by atoms with E-state index in [-0.39, 0.29) is 5.91 Å². The van der Waals surface area contributed by atoms with Gasteiger partial charge in [-0.25, -0.2) is 0 Å². The third-order valence-electron chi connectivity index (χ3n) is 4.36. The van der Waals surface area contributed by atoms with Gasteiger partial charge in [-0.15, -0.1) is 0 Å². The molecular weight excluding hydrogens is 368 g/mol. The number of rotatable bonds is 5. The maximum Gasteiger partial charge on any atom is 0.252 e. The number of fused-ring (bicyclic) bond motifs is 1. The maximum atomic E-state index is 12.1. The SMILES string of the molecule is CNC(=O)c1ccccc1SC1=CCC2=C(/C=C/c3ccccn3)N=NC2=C1. The Morgan fingerprint density at radius 1 is 1.11 bits per heavy atom. The van der Waals surface area contributed by atoms with Crippen molar-refractivity contribution in [1.29, 1.82) is 0 Å². The van der Waals surface area contributed by atoms with Crippen molar-refractivity contribution in [3.8, 4) is 0 Å². The highest BCUT2D eigenvalue weighted by Gasteiger charge is 2.20. The fourth-order valence-electron chi connectivity index (χ4n) is 2.93. The van der Waals surface area contributed by atoms with E-state index < -0.39 is 0 Å². The molecule has 0 spiro atoms. The Balaban J connectivity index is 1.53. The zero-order valence-corrected chi connectivity index (χ0v) is 16.1. The van der Waals surface area contributed by atoms with Crippen molar-refractivity contribution in [3.63, 3.8) is 0 Å². The lowest BCUT2D eigenvalue weighted by Gasteiger charge is -2.13. The van der Waals surface area contributed by atoms with Crippen molar-refractivity contribution in [2.75, 3.05) is 7.05 Å². The number of amides is 1. The minimum atomic E-state index is -0.0877. The smallest absolute Gasteiger partial charge is 0.252 e. The second kappa shape index (κ2) is 8.19. The molecule has 1 aromatic carbocycles. The first kappa shape index (κ1) is 18.1. The van der Waals surface area contributed by atoms with E-state index in [9.17, 15) is 4.79 Å². The molecule has 1 aliphatic carbocycles. The molecule has 0 atom stereocenters. The van der Waals surface area contributed by atoms with E-state index in [2.05, 4.69) is 26.6 Å². The summed E-state index contributed by atoms with van der Waals surface area (Å²) in [5.41, 5.74) is 4.40. The first-order valence-electron chi connectivity index (χ1n) is 8.90. The number of hydrogen-bond acceptors (Lipinski definition) is 5. The first-order valence-corrected chi connectivity index (χ1v) is 9.71. The molecule has 0 unspecified atom stereocenters. The zero-order valence-electron chi connectivity index (χ0n) is 15.3. The average molecular weight is 386 g/mol. The van der Waals surface area contributed by atoms with Crippen molar-refractivity contribution in [3.05, 3.63) is 100 Å². The van der Waals surface area contributed by atoms with Gasteiger partial charge in [0.2, 0.25) is 0 Å². The third-order valence-corrected chi connectivity index (χ3v) is 5.45. The van der Waals surface area contributed by atoms with Crippen LogP contribution in [0.3, 0.4) is 0 Å². The summed E-state index contributed by atoms with van der Waals surface area (Å²) in [4.78, 5) is 18.3. The van der Waals surface area contributed by atoms with E-state index >= 15 is 0 Å². The standard InChI is InChI=1S/C22H18N4OS/c1-23-22(27)18-7-2-3-8-21(18)28-16-10-11-17-19(25-26-20(17)14-16)12-9-15-6-4-5-13-24-15/h2-10,12-14H,11H2,1H3,(H,23,27)/b12-9+. The third kappa shape index (κ3) is 3.87. The second-order valence-corrected chi connectivity index (χ2v) is 7.28. The molecule has 6 heteroatoms. The molecule has 4 rings (SSSR count). The highest BCUT2D eigenvalue weighted by atomic mass is 32.2. The van der Waals surface area contributed by atoms with Gasteiger partial charge < -0.3 is 5.32 Å². The van der Waals surface area contributed by atoms with Gasteiger partial charge in [0.25, 0.3) is 5.91 Å². The van der Waals surface area contributed by atoms with E-state index in [1.165, 1.54) is 0 Å². The van der Waals surface area contributed by atoms with Gasteiger partial charge in [-0.1, -0.05) is 36.0 Å². The van der Waals surface area contributed by atoms with Crippen molar-refractivity contribution < 1.29 is 4.79 Å². The van der Waals surface area contributed by atoms with E-state index in [1.807, 2.05) is 60.7 Å². The number of nitrogens with zero attached hydrogens (tertiary/aromatic N) is 3. The topological polar surface area (TPSA) is 66.7 Å². The number of aromatic nitrogens is 1. The lowest BCUT2D eigenvalue weighted by atomic mass is 10.0. The number of carbonyl (C=O) groups excluding carboxylic acids is 1. The van der Waals surface area contributed by atoms with Crippen LogP contribution < -0.4 is 5.32 Å². The zero-order chi connectivity index (χ0) is 19.3. The molecule has 0 bridgehead atoms. The summed E-state index contributed by atoms with van der Waals surface area (Å²) in [6, 6.07) is 13.4. The van der Waals surface area contributed by atoms with Gasteiger partial charge in [0.1, 0.15) is 0 Å². The van der Waals surface area contributed by atoms with E-state index in [0.717, 1.165) is 38.9 Å². The Kier molecular flexibility index (Phi) is 5.30. The van der Waals surface area contributed by atoms with Gasteiger partial charge in [-0.3, -0.25) is 9.78 Å². The highest BCUT2D eigenvalue weighted by molar-refractivity contribution is 8.03. The number of carbonyl (C=O) groups is 1. The molecule has 1 amide bonds. The predicted molar refractivity (Wildman–Crippen MR) is 112 cm³/mol. The van der Waals surface area contributed by atoms with Crippen LogP contribution >= 0.6 is 11.8 Å². The number of nitrogens with one attached hydrogen (secondary N) is 1. The molecule has 2 aliphatic rings. The van der Waals surface area contributed by atoms with Crippen LogP contribution in [-0.4, -0.2) is 17.9 Å². The van der Waals surface area contributed by atoms with Crippen molar-refractivity contribution in [2.24, 2.45) is 10.2 Å². The fraction of sp³-hybridized carbons (Fsp3) is 0.0909. The van der Waals surface area contributed by atoms with Gasteiger partial charge in [0, 0.05) is 28.6 Å². The molecule has 0 radical (unpaired) electrons. The Labute approximate surface area is 167 Å². The van der Waals surface area contributed by atoms with Crippen LogP contribution in [-0.2, 0) is 0 Å². The molecule has 0 saturated heterocycles. The number of allylic oxidation sites excluding steroid dienone is 4. The molecule has 0 saturated carbocycles. The van der Waals surface area contributed by atoms with Crippen LogP contribution in [0.4, 0.5) is 0 Å². The van der Waals surface area contributed by atoms with Crippen LogP contribution in [0.1, 0.15) is 22.5 Å². The molecule has 28 heavy (non-hydrogen) atoms. The fourth-order valence-corrected chi connectivity index (χ4v) is 3.94. The predicted octanol–water partition coefficient (Wildman–Crippen LogP) is 5.14. The normalized spacial score (nSPS) is 15.5. The lowest BCUT2D eigenvalue weighted by Crippen LogP contribution is -2.18. The molecule has 1 aliphatic heterocycles. The average Bonchev–Trinajstić information content (AvgIpc) is 3.15. The minimum absolute atomic E-state index is 0.0877. The molecule has 2 aromatic rings. The quantitative estimate of drug-likeness (QED) is 0.774. The Hall–Kier alpha value is -3.25. The van der Waals surface area contributed by atoms with E-state index in [0.29, 0.717) is 5.56 Å². The molecule has 2 heterocycles. The molecule has 1 aromatic heterocycles. The van der Waals surface area contributed by atoms with Crippen LogP contribution in [0.25, 0.3) is 6.08 Å². The highest BCUT2D eigenvalue weighted by Crippen LogP contribution is 2.39. The maximum absolute atomic E-state index is 12.1. The van der Waals surface area contributed by atoms with Gasteiger partial charge in [-0.05, 0) is 48.9 Å². The van der Waals surface area contributed by atoms with E-state index in [1.54, 1.807) is 25.0 Å². The summed E-state index contributed by atoms with van der Waals surface area (Å²) in [5.74, 6) is -0.0877. The summed E-state index contributed by atoms with van der Waals surface area (Å²) in [6.07, 6.45) is 10.6. The Bertz CT molecular complexity index is 1060. The molecule has 5 nitrogen and oxygen atoms in total. The van der Waals surface area contributed by atoms with Gasteiger partial charge in [0.05, 0.1) is 22.7 Å². The van der Waals surface area contributed by atoms with Crippen molar-refractivity contribution in [2.45, 2.75) is 11.3 Å². The summed E-state index contributed by atoms with van der Waals surface area (Å²) in [5, 5.41) is 11.3. The first-order chi connectivity index (χ1) is 13.7.